The number of nitrogens with zero attached hydrogens (tertiary/aromatic N) is 2. The fraction of sp³-hybridized carbons (Fsp3) is 0. The molecule has 104 valence electrons. The standard InChI is InChI=1S/C18H9FN2O/c19-15-8-11(10-20)7-14-13-9-12(16-3-1-2-6-21-16)4-5-17(13)22-18(14)15/h1-9H. The molecular weight excluding hydrogens is 279 g/mol. The first-order valence-corrected chi connectivity index (χ1v) is 6.73. The second-order valence-corrected chi connectivity index (χ2v) is 4.97. The van der Waals surface area contributed by atoms with E-state index in [4.69, 9.17) is 9.68 Å². The van der Waals surface area contributed by atoms with Gasteiger partial charge in [0.15, 0.2) is 11.4 Å². The van der Waals surface area contributed by atoms with E-state index in [2.05, 4.69) is 4.98 Å². The quantitative estimate of drug-likeness (QED) is 0.512. The van der Waals surface area contributed by atoms with Crippen molar-refractivity contribution in [3.8, 4) is 17.3 Å². The number of rotatable bonds is 1. The molecule has 0 aliphatic carbocycles. The van der Waals surface area contributed by atoms with E-state index in [-0.39, 0.29) is 11.1 Å². The van der Waals surface area contributed by atoms with E-state index >= 15 is 0 Å². The molecule has 0 saturated carbocycles. The van der Waals surface area contributed by atoms with Crippen molar-refractivity contribution in [2.45, 2.75) is 0 Å². The lowest BCUT2D eigenvalue weighted by atomic mass is 10.1. The van der Waals surface area contributed by atoms with Crippen molar-refractivity contribution in [2.24, 2.45) is 0 Å². The molecule has 2 aromatic heterocycles. The molecular formula is C18H9FN2O. The Bertz CT molecular complexity index is 1050. The van der Waals surface area contributed by atoms with E-state index in [1.165, 1.54) is 6.07 Å². The van der Waals surface area contributed by atoms with Crippen LogP contribution in [0.4, 0.5) is 4.39 Å². The number of halogens is 1. The van der Waals surface area contributed by atoms with E-state index in [9.17, 15) is 4.39 Å². The van der Waals surface area contributed by atoms with E-state index in [0.717, 1.165) is 16.6 Å². The number of nitriles is 1. The lowest BCUT2D eigenvalue weighted by Crippen LogP contribution is -1.82. The summed E-state index contributed by atoms with van der Waals surface area (Å²) < 4.78 is 19.6. The molecule has 0 fully saturated rings. The second kappa shape index (κ2) is 4.68. The van der Waals surface area contributed by atoms with Gasteiger partial charge in [-0.1, -0.05) is 6.07 Å². The zero-order valence-corrected chi connectivity index (χ0v) is 11.4. The molecule has 4 aromatic rings. The van der Waals surface area contributed by atoms with Crippen LogP contribution in [0.25, 0.3) is 33.2 Å². The van der Waals surface area contributed by atoms with E-state index in [1.807, 2.05) is 36.4 Å². The third-order valence-electron chi connectivity index (χ3n) is 3.62. The highest BCUT2D eigenvalue weighted by Crippen LogP contribution is 2.33. The lowest BCUT2D eigenvalue weighted by molar-refractivity contribution is 0.584. The van der Waals surface area contributed by atoms with Crippen LogP contribution in [0.2, 0.25) is 0 Å². The Kier molecular flexibility index (Phi) is 2.67. The van der Waals surface area contributed by atoms with E-state index < -0.39 is 5.82 Å². The average molecular weight is 288 g/mol. The highest BCUT2D eigenvalue weighted by atomic mass is 19.1. The first-order chi connectivity index (χ1) is 10.8. The molecule has 0 unspecified atom stereocenters. The van der Waals surface area contributed by atoms with Crippen LogP contribution in [0.15, 0.2) is 59.1 Å². The van der Waals surface area contributed by atoms with Gasteiger partial charge in [0.05, 0.1) is 17.3 Å². The molecule has 0 spiro atoms. The summed E-state index contributed by atoms with van der Waals surface area (Å²) in [6.45, 7) is 0. The minimum atomic E-state index is -0.523. The maximum atomic E-state index is 14.0. The van der Waals surface area contributed by atoms with E-state index in [0.29, 0.717) is 11.0 Å². The predicted octanol–water partition coefficient (Wildman–Crippen LogP) is 4.66. The molecule has 0 radical (unpaired) electrons. The number of hydrogen-bond acceptors (Lipinski definition) is 3. The molecule has 0 amide bonds. The summed E-state index contributed by atoms with van der Waals surface area (Å²) in [5.74, 6) is -0.523. The molecule has 0 aliphatic heterocycles. The molecule has 0 atom stereocenters. The summed E-state index contributed by atoms with van der Waals surface area (Å²) in [6.07, 6.45) is 1.72. The van der Waals surface area contributed by atoms with Crippen molar-refractivity contribution in [1.82, 2.24) is 4.98 Å². The molecule has 0 N–H and O–H groups in total. The molecule has 3 nitrogen and oxygen atoms in total. The smallest absolute Gasteiger partial charge is 0.171 e. The van der Waals surface area contributed by atoms with Crippen LogP contribution in [-0.2, 0) is 0 Å². The number of furan rings is 1. The lowest BCUT2D eigenvalue weighted by Gasteiger charge is -2.00. The molecule has 2 aromatic carbocycles. The van der Waals surface area contributed by atoms with Gasteiger partial charge in [-0.25, -0.2) is 4.39 Å². The van der Waals surface area contributed by atoms with Gasteiger partial charge >= 0.3 is 0 Å². The van der Waals surface area contributed by atoms with Crippen molar-refractivity contribution in [2.75, 3.05) is 0 Å². The van der Waals surface area contributed by atoms with Crippen LogP contribution in [0.1, 0.15) is 5.56 Å². The van der Waals surface area contributed by atoms with Gasteiger partial charge in [-0.3, -0.25) is 4.98 Å². The van der Waals surface area contributed by atoms with Gasteiger partial charge in [0, 0.05) is 22.5 Å². The monoisotopic (exact) mass is 288 g/mol. The van der Waals surface area contributed by atoms with Gasteiger partial charge in [-0.15, -0.1) is 0 Å². The molecule has 4 rings (SSSR count). The molecule has 4 heteroatoms. The number of aromatic nitrogens is 1. The van der Waals surface area contributed by atoms with Crippen LogP contribution in [0, 0.1) is 17.1 Å². The third kappa shape index (κ3) is 1.84. The third-order valence-corrected chi connectivity index (χ3v) is 3.62. The molecule has 0 saturated heterocycles. The van der Waals surface area contributed by atoms with Crippen LogP contribution >= 0.6 is 0 Å². The van der Waals surface area contributed by atoms with Gasteiger partial charge in [0.2, 0.25) is 0 Å². The van der Waals surface area contributed by atoms with Crippen molar-refractivity contribution in [3.63, 3.8) is 0 Å². The molecule has 2 heterocycles. The average Bonchev–Trinajstić information content (AvgIpc) is 2.94. The Morgan fingerprint density at radius 2 is 1.95 bits per heavy atom. The minimum Gasteiger partial charge on any atom is -0.453 e. The summed E-state index contributed by atoms with van der Waals surface area (Å²) in [6, 6.07) is 16.1. The minimum absolute atomic E-state index is 0.173. The van der Waals surface area contributed by atoms with Crippen LogP contribution in [0.5, 0.6) is 0 Å². The number of benzene rings is 2. The van der Waals surface area contributed by atoms with Gasteiger partial charge in [-0.05, 0) is 42.5 Å². The van der Waals surface area contributed by atoms with Crippen LogP contribution in [-0.4, -0.2) is 4.98 Å². The predicted molar refractivity (Wildman–Crippen MR) is 81.6 cm³/mol. The Hall–Kier alpha value is -3.19. The fourth-order valence-electron chi connectivity index (χ4n) is 2.59. The van der Waals surface area contributed by atoms with Crippen molar-refractivity contribution < 1.29 is 8.81 Å². The maximum Gasteiger partial charge on any atom is 0.171 e. The Morgan fingerprint density at radius 3 is 2.73 bits per heavy atom. The first kappa shape index (κ1) is 12.5. The van der Waals surface area contributed by atoms with Crippen molar-refractivity contribution >= 4 is 21.9 Å². The second-order valence-electron chi connectivity index (χ2n) is 4.97. The normalized spacial score (nSPS) is 10.9. The number of fused-ring (bicyclic) bond motifs is 3. The van der Waals surface area contributed by atoms with Crippen molar-refractivity contribution in [3.05, 3.63) is 66.1 Å². The topological polar surface area (TPSA) is 49.8 Å². The summed E-state index contributed by atoms with van der Waals surface area (Å²) in [7, 11) is 0. The SMILES string of the molecule is N#Cc1cc(F)c2oc3ccc(-c4ccccn4)cc3c2c1. The van der Waals surface area contributed by atoms with Crippen LogP contribution in [0.3, 0.4) is 0 Å². The van der Waals surface area contributed by atoms with Gasteiger partial charge < -0.3 is 4.42 Å². The first-order valence-electron chi connectivity index (χ1n) is 6.73. The summed E-state index contributed by atoms with van der Waals surface area (Å²) in [5, 5.41) is 10.4. The Balaban J connectivity index is 2.05. The van der Waals surface area contributed by atoms with Gasteiger partial charge in [-0.2, -0.15) is 5.26 Å². The van der Waals surface area contributed by atoms with Crippen molar-refractivity contribution in [1.29, 1.82) is 5.26 Å². The zero-order valence-electron chi connectivity index (χ0n) is 11.4. The van der Waals surface area contributed by atoms with E-state index in [1.54, 1.807) is 18.3 Å². The summed E-state index contributed by atoms with van der Waals surface area (Å²) >= 11 is 0. The highest BCUT2D eigenvalue weighted by molar-refractivity contribution is 6.06. The molecule has 0 aliphatic rings. The molecule has 22 heavy (non-hydrogen) atoms. The Labute approximate surface area is 125 Å². The Morgan fingerprint density at radius 1 is 1.05 bits per heavy atom. The van der Waals surface area contributed by atoms with Gasteiger partial charge in [0.1, 0.15) is 5.58 Å². The number of hydrogen-bond donors (Lipinski definition) is 0. The zero-order chi connectivity index (χ0) is 15.1. The maximum absolute atomic E-state index is 14.0. The fourth-order valence-corrected chi connectivity index (χ4v) is 2.59. The highest BCUT2D eigenvalue weighted by Gasteiger charge is 2.13. The summed E-state index contributed by atoms with van der Waals surface area (Å²) in [5.41, 5.74) is 2.78. The molecule has 0 bridgehead atoms. The summed E-state index contributed by atoms with van der Waals surface area (Å²) in [4.78, 5) is 4.31. The van der Waals surface area contributed by atoms with Crippen LogP contribution < -0.4 is 0 Å². The number of pyridine rings is 1. The van der Waals surface area contributed by atoms with Gasteiger partial charge in [0.25, 0.3) is 0 Å². The largest absolute Gasteiger partial charge is 0.453 e.